The van der Waals surface area contributed by atoms with Gasteiger partial charge in [-0.3, -0.25) is 4.79 Å². The highest BCUT2D eigenvalue weighted by atomic mass is 16.5. The number of anilines is 1. The summed E-state index contributed by atoms with van der Waals surface area (Å²) in [5.74, 6) is -1.03. The van der Waals surface area contributed by atoms with Crippen molar-refractivity contribution in [1.82, 2.24) is 5.32 Å². The Morgan fingerprint density at radius 1 is 1.45 bits per heavy atom. The Morgan fingerprint density at radius 2 is 2.25 bits per heavy atom. The van der Waals surface area contributed by atoms with Gasteiger partial charge < -0.3 is 20.1 Å². The Balaban J connectivity index is 2.04. The Bertz CT molecular complexity index is 516. The molecule has 20 heavy (non-hydrogen) atoms. The van der Waals surface area contributed by atoms with Crippen molar-refractivity contribution in [3.8, 4) is 0 Å². The minimum Gasteiger partial charge on any atom is -0.478 e. The maximum atomic E-state index is 12.1. The van der Waals surface area contributed by atoms with Gasteiger partial charge in [-0.05, 0) is 24.1 Å². The van der Waals surface area contributed by atoms with Crippen molar-refractivity contribution >= 4 is 17.6 Å². The molecule has 0 aliphatic carbocycles. The first-order valence-electron chi connectivity index (χ1n) is 6.49. The first-order chi connectivity index (χ1) is 9.63. The number of carboxylic acids is 1. The van der Waals surface area contributed by atoms with E-state index in [0.717, 1.165) is 12.0 Å². The minimum atomic E-state index is -0.981. The first kappa shape index (κ1) is 14.5. The number of nitrogens with one attached hydrogen (secondary N) is 1. The molecule has 108 valence electrons. The third kappa shape index (κ3) is 3.15. The molecule has 1 aromatic carbocycles. The summed E-state index contributed by atoms with van der Waals surface area (Å²) in [5.41, 5.74) is 1.93. The predicted molar refractivity (Wildman–Crippen MR) is 74.2 cm³/mol. The number of hydrogen-bond acceptors (Lipinski definition) is 4. The molecule has 1 aliphatic heterocycles. The average molecular weight is 278 g/mol. The van der Waals surface area contributed by atoms with Crippen LogP contribution in [0.5, 0.6) is 0 Å². The zero-order valence-electron chi connectivity index (χ0n) is 11.4. The van der Waals surface area contributed by atoms with Gasteiger partial charge in [0.05, 0.1) is 18.7 Å². The van der Waals surface area contributed by atoms with Crippen LogP contribution in [0.4, 0.5) is 5.69 Å². The molecule has 2 rings (SSSR count). The van der Waals surface area contributed by atoms with E-state index in [9.17, 15) is 9.59 Å². The van der Waals surface area contributed by atoms with Gasteiger partial charge in [0.15, 0.2) is 0 Å². The van der Waals surface area contributed by atoms with Gasteiger partial charge in [0.25, 0.3) is 0 Å². The van der Waals surface area contributed by atoms with E-state index in [1.165, 1.54) is 0 Å². The third-order valence-corrected chi connectivity index (χ3v) is 3.29. The van der Waals surface area contributed by atoms with Crippen molar-refractivity contribution in [2.24, 2.45) is 0 Å². The number of carboxylic acid groups (broad SMARTS) is 1. The molecule has 6 heteroatoms. The molecule has 0 unspecified atom stereocenters. The van der Waals surface area contributed by atoms with Crippen LogP contribution in [0, 0.1) is 0 Å². The number of rotatable bonds is 6. The second kappa shape index (κ2) is 6.49. The van der Waals surface area contributed by atoms with Crippen LogP contribution in [-0.4, -0.2) is 50.3 Å². The first-order valence-corrected chi connectivity index (χ1v) is 6.49. The number of ether oxygens (including phenoxy) is 1. The molecule has 2 N–H and O–H groups in total. The maximum absolute atomic E-state index is 12.1. The molecule has 0 fully saturated rings. The molecule has 1 aromatic rings. The van der Waals surface area contributed by atoms with Crippen molar-refractivity contribution in [1.29, 1.82) is 0 Å². The molecule has 0 aromatic heterocycles. The summed E-state index contributed by atoms with van der Waals surface area (Å²) in [4.78, 5) is 24.8. The van der Waals surface area contributed by atoms with Crippen molar-refractivity contribution in [3.05, 3.63) is 29.3 Å². The topological polar surface area (TPSA) is 78.9 Å². The van der Waals surface area contributed by atoms with Crippen molar-refractivity contribution in [2.75, 3.05) is 38.3 Å². The Hall–Kier alpha value is -1.92. The van der Waals surface area contributed by atoms with E-state index in [-0.39, 0.29) is 18.0 Å². The second-order valence-corrected chi connectivity index (χ2v) is 4.61. The summed E-state index contributed by atoms with van der Waals surface area (Å²) in [6, 6.07) is 4.92. The summed E-state index contributed by atoms with van der Waals surface area (Å²) < 4.78 is 4.89. The number of aromatic carboxylic acids is 1. The second-order valence-electron chi connectivity index (χ2n) is 4.61. The largest absolute Gasteiger partial charge is 0.478 e. The van der Waals surface area contributed by atoms with E-state index in [0.29, 0.717) is 25.4 Å². The van der Waals surface area contributed by atoms with E-state index < -0.39 is 5.97 Å². The van der Waals surface area contributed by atoms with E-state index in [1.54, 1.807) is 30.2 Å². The summed E-state index contributed by atoms with van der Waals surface area (Å²) >= 11 is 0. The quantitative estimate of drug-likeness (QED) is 0.741. The standard InChI is InChI=1S/C14H18N2O4/c1-20-7-5-15-9-13(17)16-6-4-10-2-3-11(14(18)19)8-12(10)16/h2-3,8,15H,4-7,9H2,1H3,(H,18,19). The van der Waals surface area contributed by atoms with Crippen molar-refractivity contribution in [3.63, 3.8) is 0 Å². The molecular weight excluding hydrogens is 260 g/mol. The van der Waals surface area contributed by atoms with Crippen LogP contribution in [0.25, 0.3) is 0 Å². The SMILES string of the molecule is COCCNCC(=O)N1CCc2ccc(C(=O)O)cc21. The molecule has 0 radical (unpaired) electrons. The number of amides is 1. The van der Waals surface area contributed by atoms with Gasteiger partial charge in [-0.25, -0.2) is 4.79 Å². The molecule has 0 atom stereocenters. The number of carbonyl (C=O) groups excluding carboxylic acids is 1. The van der Waals surface area contributed by atoms with Gasteiger partial charge in [-0.1, -0.05) is 6.07 Å². The van der Waals surface area contributed by atoms with E-state index in [1.807, 2.05) is 0 Å². The molecular formula is C14H18N2O4. The van der Waals surface area contributed by atoms with Gasteiger partial charge >= 0.3 is 5.97 Å². The lowest BCUT2D eigenvalue weighted by Crippen LogP contribution is -2.38. The molecule has 1 amide bonds. The lowest BCUT2D eigenvalue weighted by molar-refractivity contribution is -0.117. The van der Waals surface area contributed by atoms with Crippen LogP contribution in [0.2, 0.25) is 0 Å². The normalized spacial score (nSPS) is 13.3. The Labute approximate surface area is 117 Å². The van der Waals surface area contributed by atoms with Crippen molar-refractivity contribution in [2.45, 2.75) is 6.42 Å². The molecule has 6 nitrogen and oxygen atoms in total. The highest BCUT2D eigenvalue weighted by molar-refractivity contribution is 5.98. The zero-order valence-corrected chi connectivity index (χ0v) is 11.4. The van der Waals surface area contributed by atoms with Crippen LogP contribution in [-0.2, 0) is 16.0 Å². The third-order valence-electron chi connectivity index (χ3n) is 3.29. The predicted octanol–water partition coefficient (Wildman–Crippen LogP) is 0.510. The maximum Gasteiger partial charge on any atom is 0.335 e. The fraction of sp³-hybridized carbons (Fsp3) is 0.429. The van der Waals surface area contributed by atoms with Gasteiger partial charge in [-0.2, -0.15) is 0 Å². The fourth-order valence-electron chi connectivity index (χ4n) is 2.24. The molecule has 1 aliphatic rings. The molecule has 1 heterocycles. The number of methoxy groups -OCH3 is 1. The van der Waals surface area contributed by atoms with Gasteiger partial charge in [-0.15, -0.1) is 0 Å². The van der Waals surface area contributed by atoms with Gasteiger partial charge in [0.1, 0.15) is 0 Å². The lowest BCUT2D eigenvalue weighted by Gasteiger charge is -2.18. The number of benzene rings is 1. The van der Waals surface area contributed by atoms with Crippen LogP contribution in [0.3, 0.4) is 0 Å². The van der Waals surface area contributed by atoms with Crippen LogP contribution in [0.1, 0.15) is 15.9 Å². The summed E-state index contributed by atoms with van der Waals surface area (Å²) in [6.45, 7) is 1.98. The highest BCUT2D eigenvalue weighted by Crippen LogP contribution is 2.29. The average Bonchev–Trinajstić information content (AvgIpc) is 2.86. The summed E-state index contributed by atoms with van der Waals surface area (Å²) in [5, 5.41) is 12.0. The molecule has 0 bridgehead atoms. The number of nitrogens with zero attached hydrogens (tertiary/aromatic N) is 1. The number of carbonyl (C=O) groups is 2. The number of fused-ring (bicyclic) bond motifs is 1. The van der Waals surface area contributed by atoms with Crippen molar-refractivity contribution < 1.29 is 19.4 Å². The summed E-state index contributed by atoms with van der Waals surface area (Å²) in [6.07, 6.45) is 0.763. The lowest BCUT2D eigenvalue weighted by atomic mass is 10.1. The number of hydrogen-bond donors (Lipinski definition) is 2. The van der Waals surface area contributed by atoms with E-state index in [2.05, 4.69) is 5.32 Å². The smallest absolute Gasteiger partial charge is 0.335 e. The Morgan fingerprint density at radius 3 is 2.95 bits per heavy atom. The highest BCUT2D eigenvalue weighted by Gasteiger charge is 2.25. The molecule has 0 saturated carbocycles. The monoisotopic (exact) mass is 278 g/mol. The zero-order chi connectivity index (χ0) is 14.5. The van der Waals surface area contributed by atoms with Crippen LogP contribution < -0.4 is 10.2 Å². The summed E-state index contributed by atoms with van der Waals surface area (Å²) in [7, 11) is 1.60. The van der Waals surface area contributed by atoms with Crippen LogP contribution >= 0.6 is 0 Å². The van der Waals surface area contributed by atoms with E-state index in [4.69, 9.17) is 9.84 Å². The molecule has 0 saturated heterocycles. The van der Waals surface area contributed by atoms with Crippen LogP contribution in [0.15, 0.2) is 18.2 Å². The van der Waals surface area contributed by atoms with E-state index >= 15 is 0 Å². The Kier molecular flexibility index (Phi) is 4.70. The fourth-order valence-corrected chi connectivity index (χ4v) is 2.24. The molecule has 0 spiro atoms. The van der Waals surface area contributed by atoms with Gasteiger partial charge in [0, 0.05) is 25.9 Å². The van der Waals surface area contributed by atoms with Gasteiger partial charge in [0.2, 0.25) is 5.91 Å². The minimum absolute atomic E-state index is 0.0533.